The molecule has 2 unspecified atom stereocenters. The molecule has 16 heavy (non-hydrogen) atoms. The lowest BCUT2D eigenvalue weighted by Gasteiger charge is -2.38. The maximum absolute atomic E-state index is 12.8. The van der Waals surface area contributed by atoms with E-state index in [1.165, 1.54) is 18.7 Å². The molecule has 0 saturated carbocycles. The van der Waals surface area contributed by atoms with E-state index < -0.39 is 0 Å². The van der Waals surface area contributed by atoms with Crippen LogP contribution in [0.15, 0.2) is 18.3 Å². The zero-order valence-electron chi connectivity index (χ0n) is 9.56. The Hall–Kier alpha value is -1.16. The van der Waals surface area contributed by atoms with Crippen LogP contribution in [0.2, 0.25) is 0 Å². The first-order valence-electron chi connectivity index (χ1n) is 5.82. The first kappa shape index (κ1) is 11.3. The van der Waals surface area contributed by atoms with Crippen molar-refractivity contribution in [2.75, 3.05) is 11.4 Å². The monoisotopic (exact) mass is 223 g/mol. The predicted octanol–water partition coefficient (Wildman–Crippen LogP) is 1.93. The van der Waals surface area contributed by atoms with Gasteiger partial charge in [0.05, 0.1) is 6.20 Å². The average Bonchev–Trinajstić information content (AvgIpc) is 2.30. The number of piperidine rings is 1. The van der Waals surface area contributed by atoms with Crippen molar-refractivity contribution in [1.82, 2.24) is 4.98 Å². The van der Waals surface area contributed by atoms with Gasteiger partial charge in [0, 0.05) is 18.6 Å². The van der Waals surface area contributed by atoms with Gasteiger partial charge in [0.15, 0.2) is 0 Å². The van der Waals surface area contributed by atoms with Crippen LogP contribution >= 0.6 is 0 Å². The number of halogens is 1. The quantitative estimate of drug-likeness (QED) is 0.833. The normalized spacial score (nSPS) is 23.2. The minimum absolute atomic E-state index is 0.118. The van der Waals surface area contributed by atoms with Crippen molar-refractivity contribution in [2.24, 2.45) is 5.73 Å². The minimum Gasteiger partial charge on any atom is -0.352 e. The van der Waals surface area contributed by atoms with Crippen LogP contribution in [-0.4, -0.2) is 23.6 Å². The van der Waals surface area contributed by atoms with Crippen molar-refractivity contribution in [1.29, 1.82) is 0 Å². The maximum Gasteiger partial charge on any atom is 0.141 e. The van der Waals surface area contributed by atoms with Gasteiger partial charge in [0.2, 0.25) is 0 Å². The molecule has 1 saturated heterocycles. The van der Waals surface area contributed by atoms with Gasteiger partial charge in [-0.2, -0.15) is 0 Å². The Labute approximate surface area is 95.5 Å². The van der Waals surface area contributed by atoms with Crippen LogP contribution in [0.25, 0.3) is 0 Å². The van der Waals surface area contributed by atoms with Gasteiger partial charge in [-0.3, -0.25) is 0 Å². The van der Waals surface area contributed by atoms with E-state index in [9.17, 15) is 4.39 Å². The van der Waals surface area contributed by atoms with Crippen molar-refractivity contribution in [3.05, 3.63) is 24.1 Å². The van der Waals surface area contributed by atoms with Gasteiger partial charge in [0.1, 0.15) is 11.6 Å². The summed E-state index contributed by atoms with van der Waals surface area (Å²) >= 11 is 0. The number of pyridine rings is 1. The molecule has 0 aliphatic carbocycles. The Balaban J connectivity index is 2.19. The van der Waals surface area contributed by atoms with E-state index >= 15 is 0 Å². The van der Waals surface area contributed by atoms with Crippen molar-refractivity contribution in [3.8, 4) is 0 Å². The Morgan fingerprint density at radius 3 is 2.94 bits per heavy atom. The second-order valence-electron chi connectivity index (χ2n) is 4.45. The first-order chi connectivity index (χ1) is 7.68. The van der Waals surface area contributed by atoms with Gasteiger partial charge in [-0.25, -0.2) is 9.37 Å². The standard InChI is InChI=1S/C12H18FN3/c1-9(14)11-4-2-3-7-16(11)12-6-5-10(13)8-15-12/h5-6,8-9,11H,2-4,7,14H2,1H3. The van der Waals surface area contributed by atoms with Gasteiger partial charge >= 0.3 is 0 Å². The lowest BCUT2D eigenvalue weighted by atomic mass is 9.97. The number of hydrogen-bond donors (Lipinski definition) is 1. The molecule has 88 valence electrons. The second kappa shape index (κ2) is 4.78. The summed E-state index contributed by atoms with van der Waals surface area (Å²) in [6.07, 6.45) is 4.73. The minimum atomic E-state index is -0.293. The summed E-state index contributed by atoms with van der Waals surface area (Å²) in [6.45, 7) is 2.98. The molecule has 0 amide bonds. The van der Waals surface area contributed by atoms with Crippen LogP contribution in [0, 0.1) is 5.82 Å². The van der Waals surface area contributed by atoms with Crippen LogP contribution in [-0.2, 0) is 0 Å². The van der Waals surface area contributed by atoms with Crippen molar-refractivity contribution < 1.29 is 4.39 Å². The topological polar surface area (TPSA) is 42.1 Å². The van der Waals surface area contributed by atoms with Gasteiger partial charge < -0.3 is 10.6 Å². The van der Waals surface area contributed by atoms with Crippen LogP contribution < -0.4 is 10.6 Å². The zero-order valence-corrected chi connectivity index (χ0v) is 9.56. The molecule has 1 aromatic rings. The molecule has 2 rings (SSSR count). The molecule has 0 aromatic carbocycles. The highest BCUT2D eigenvalue weighted by Gasteiger charge is 2.26. The molecule has 1 aromatic heterocycles. The van der Waals surface area contributed by atoms with Crippen LogP contribution in [0.5, 0.6) is 0 Å². The Kier molecular flexibility index (Phi) is 3.39. The molecule has 1 fully saturated rings. The van der Waals surface area contributed by atoms with E-state index in [1.54, 1.807) is 6.07 Å². The lowest BCUT2D eigenvalue weighted by Crippen LogP contribution is -2.49. The third-order valence-electron chi connectivity index (χ3n) is 3.16. The van der Waals surface area contributed by atoms with E-state index in [4.69, 9.17) is 5.73 Å². The van der Waals surface area contributed by atoms with Gasteiger partial charge in [-0.1, -0.05) is 0 Å². The smallest absolute Gasteiger partial charge is 0.141 e. The molecule has 2 atom stereocenters. The highest BCUT2D eigenvalue weighted by atomic mass is 19.1. The highest BCUT2D eigenvalue weighted by molar-refractivity contribution is 5.40. The summed E-state index contributed by atoms with van der Waals surface area (Å²) in [5.41, 5.74) is 5.98. The average molecular weight is 223 g/mol. The van der Waals surface area contributed by atoms with E-state index in [2.05, 4.69) is 9.88 Å². The van der Waals surface area contributed by atoms with E-state index in [1.807, 2.05) is 6.92 Å². The van der Waals surface area contributed by atoms with E-state index in [0.717, 1.165) is 25.2 Å². The summed E-state index contributed by atoms with van der Waals surface area (Å²) in [5, 5.41) is 0. The third-order valence-corrected chi connectivity index (χ3v) is 3.16. The Morgan fingerprint density at radius 1 is 1.50 bits per heavy atom. The SMILES string of the molecule is CC(N)C1CCCCN1c1ccc(F)cn1. The molecular weight excluding hydrogens is 205 g/mol. The Morgan fingerprint density at radius 2 is 2.31 bits per heavy atom. The summed E-state index contributed by atoms with van der Waals surface area (Å²) < 4.78 is 12.8. The van der Waals surface area contributed by atoms with Crippen LogP contribution in [0.3, 0.4) is 0 Å². The fraction of sp³-hybridized carbons (Fsp3) is 0.583. The molecule has 2 N–H and O–H groups in total. The number of nitrogens with two attached hydrogens (primary N) is 1. The zero-order chi connectivity index (χ0) is 11.5. The number of nitrogens with zero attached hydrogens (tertiary/aromatic N) is 2. The first-order valence-corrected chi connectivity index (χ1v) is 5.82. The number of hydrogen-bond acceptors (Lipinski definition) is 3. The molecule has 2 heterocycles. The number of aromatic nitrogens is 1. The summed E-state index contributed by atoms with van der Waals surface area (Å²) in [7, 11) is 0. The van der Waals surface area contributed by atoms with Crippen molar-refractivity contribution in [3.63, 3.8) is 0 Å². The molecule has 1 aliphatic heterocycles. The summed E-state index contributed by atoms with van der Waals surface area (Å²) in [5.74, 6) is 0.543. The van der Waals surface area contributed by atoms with Gasteiger partial charge in [0.25, 0.3) is 0 Å². The lowest BCUT2D eigenvalue weighted by molar-refractivity contribution is 0.410. The molecule has 0 bridgehead atoms. The largest absolute Gasteiger partial charge is 0.352 e. The highest BCUT2D eigenvalue weighted by Crippen LogP contribution is 2.24. The molecule has 0 radical (unpaired) electrons. The molecule has 3 nitrogen and oxygen atoms in total. The Bertz CT molecular complexity index is 337. The fourth-order valence-corrected chi connectivity index (χ4v) is 2.33. The van der Waals surface area contributed by atoms with Crippen LogP contribution in [0.1, 0.15) is 26.2 Å². The second-order valence-corrected chi connectivity index (χ2v) is 4.45. The van der Waals surface area contributed by atoms with Gasteiger partial charge in [-0.05, 0) is 38.3 Å². The summed E-state index contributed by atoms with van der Waals surface area (Å²) in [4.78, 5) is 6.33. The van der Waals surface area contributed by atoms with Gasteiger partial charge in [-0.15, -0.1) is 0 Å². The van der Waals surface area contributed by atoms with Crippen molar-refractivity contribution >= 4 is 5.82 Å². The van der Waals surface area contributed by atoms with Crippen LogP contribution in [0.4, 0.5) is 10.2 Å². The molecule has 0 spiro atoms. The van der Waals surface area contributed by atoms with Crippen molar-refractivity contribution in [2.45, 2.75) is 38.3 Å². The maximum atomic E-state index is 12.8. The number of rotatable bonds is 2. The summed E-state index contributed by atoms with van der Waals surface area (Å²) in [6, 6.07) is 3.63. The number of anilines is 1. The van der Waals surface area contributed by atoms with E-state index in [0.29, 0.717) is 6.04 Å². The fourth-order valence-electron chi connectivity index (χ4n) is 2.33. The molecule has 4 heteroatoms. The molecular formula is C12H18FN3. The third kappa shape index (κ3) is 2.32. The predicted molar refractivity (Wildman–Crippen MR) is 62.8 cm³/mol. The molecule has 1 aliphatic rings. The van der Waals surface area contributed by atoms with E-state index in [-0.39, 0.29) is 11.9 Å².